The molecule has 1 aromatic heterocycles. The van der Waals surface area contributed by atoms with E-state index in [1.165, 1.54) is 0 Å². The molecule has 5 rings (SSSR count). The zero-order valence-electron chi connectivity index (χ0n) is 19.2. The molecule has 2 heterocycles. The number of benzene rings is 3. The zero-order chi connectivity index (χ0) is 22.9. The maximum Gasteiger partial charge on any atom is 0.255 e. The van der Waals surface area contributed by atoms with Crippen molar-refractivity contribution in [3.05, 3.63) is 83.4 Å². The second kappa shape index (κ2) is 8.66. The number of nitrogens with zero attached hydrogens (tertiary/aromatic N) is 1. The highest BCUT2D eigenvalue weighted by atomic mass is 16.5. The first-order valence-corrected chi connectivity index (χ1v) is 11.4. The van der Waals surface area contributed by atoms with E-state index in [1.807, 2.05) is 53.4 Å². The molecule has 33 heavy (non-hydrogen) atoms. The van der Waals surface area contributed by atoms with E-state index >= 15 is 0 Å². The van der Waals surface area contributed by atoms with Crippen LogP contribution in [-0.4, -0.2) is 36.6 Å². The molecule has 1 amide bonds. The quantitative estimate of drug-likeness (QED) is 0.372. The molecule has 0 saturated carbocycles. The predicted octanol–water partition coefficient (Wildman–Crippen LogP) is 6.20. The third-order valence-electron chi connectivity index (χ3n) is 6.51. The Labute approximate surface area is 193 Å². The largest absolute Gasteiger partial charge is 0.497 e. The number of para-hydroxylation sites is 1. The van der Waals surface area contributed by atoms with E-state index in [4.69, 9.17) is 9.47 Å². The first kappa shape index (κ1) is 21.1. The Morgan fingerprint density at radius 1 is 0.939 bits per heavy atom. The second-order valence-corrected chi connectivity index (χ2v) is 8.37. The van der Waals surface area contributed by atoms with Crippen LogP contribution in [0.2, 0.25) is 0 Å². The number of nitrogens with one attached hydrogen (secondary N) is 1. The summed E-state index contributed by atoms with van der Waals surface area (Å²) in [6, 6.07) is 21.9. The van der Waals surface area contributed by atoms with Gasteiger partial charge in [-0.3, -0.25) is 4.79 Å². The number of carbonyl (C=O) groups excluding carboxylic acids is 1. The number of unbranched alkanes of at least 4 members (excludes halogenated alkanes) is 1. The van der Waals surface area contributed by atoms with Gasteiger partial charge in [0.1, 0.15) is 11.5 Å². The van der Waals surface area contributed by atoms with Gasteiger partial charge in [-0.15, -0.1) is 0 Å². The molecule has 5 heteroatoms. The Morgan fingerprint density at radius 3 is 2.52 bits per heavy atom. The first-order valence-electron chi connectivity index (χ1n) is 11.4. The van der Waals surface area contributed by atoms with Crippen molar-refractivity contribution in [1.82, 2.24) is 9.88 Å². The SMILES string of the molecule is CCCCN1C(=O)c2ccccc2[C@@H]1c1c(-c2cc(OC)ccc2OC)[nH]c2ccccc12. The van der Waals surface area contributed by atoms with Crippen LogP contribution in [0.5, 0.6) is 11.5 Å². The van der Waals surface area contributed by atoms with Crippen molar-refractivity contribution in [2.45, 2.75) is 25.8 Å². The van der Waals surface area contributed by atoms with Gasteiger partial charge in [0.05, 0.1) is 26.0 Å². The summed E-state index contributed by atoms with van der Waals surface area (Å²) in [6.45, 7) is 2.86. The van der Waals surface area contributed by atoms with Gasteiger partial charge in [-0.1, -0.05) is 49.7 Å². The standard InChI is InChI=1S/C28H28N2O3/c1-4-5-16-30-27(19-10-6-7-11-20(19)28(30)31)25-21-12-8-9-13-23(21)29-26(25)22-17-18(32-2)14-15-24(22)33-3/h6-15,17,27,29H,4-5,16H2,1-3H3/t27-/m1/s1. The normalized spacial score (nSPS) is 15.2. The molecule has 1 aliphatic heterocycles. The number of amides is 1. The van der Waals surface area contributed by atoms with Crippen molar-refractivity contribution in [3.8, 4) is 22.8 Å². The zero-order valence-corrected chi connectivity index (χ0v) is 19.2. The van der Waals surface area contributed by atoms with Crippen molar-refractivity contribution < 1.29 is 14.3 Å². The highest BCUT2D eigenvalue weighted by molar-refractivity contribution is 6.02. The minimum Gasteiger partial charge on any atom is -0.497 e. The summed E-state index contributed by atoms with van der Waals surface area (Å²) in [5, 5.41) is 1.10. The lowest BCUT2D eigenvalue weighted by atomic mass is 9.92. The smallest absolute Gasteiger partial charge is 0.255 e. The Morgan fingerprint density at radius 2 is 1.73 bits per heavy atom. The number of aromatic nitrogens is 1. The van der Waals surface area contributed by atoms with E-state index < -0.39 is 0 Å². The Balaban J connectivity index is 1.81. The number of hydrogen-bond acceptors (Lipinski definition) is 3. The van der Waals surface area contributed by atoms with E-state index in [1.54, 1.807) is 14.2 Å². The Bertz CT molecular complexity index is 1320. The van der Waals surface area contributed by atoms with Crippen molar-refractivity contribution in [2.75, 3.05) is 20.8 Å². The topological polar surface area (TPSA) is 54.6 Å². The average Bonchev–Trinajstić information content (AvgIpc) is 3.37. The molecule has 1 atom stereocenters. The fraction of sp³-hybridized carbons (Fsp3) is 0.250. The number of fused-ring (bicyclic) bond motifs is 2. The van der Waals surface area contributed by atoms with Gasteiger partial charge in [0.2, 0.25) is 0 Å². The molecule has 0 aliphatic carbocycles. The number of ether oxygens (including phenoxy) is 2. The van der Waals surface area contributed by atoms with Gasteiger partial charge >= 0.3 is 0 Å². The van der Waals surface area contributed by atoms with Crippen molar-refractivity contribution in [2.24, 2.45) is 0 Å². The predicted molar refractivity (Wildman–Crippen MR) is 131 cm³/mol. The molecule has 1 aliphatic rings. The van der Waals surface area contributed by atoms with E-state index in [-0.39, 0.29) is 11.9 Å². The third kappa shape index (κ3) is 3.44. The van der Waals surface area contributed by atoms with Crippen LogP contribution in [0.3, 0.4) is 0 Å². The number of aromatic amines is 1. The fourth-order valence-corrected chi connectivity index (χ4v) is 4.91. The molecule has 4 aromatic rings. The van der Waals surface area contributed by atoms with E-state index in [0.29, 0.717) is 6.54 Å². The second-order valence-electron chi connectivity index (χ2n) is 8.37. The van der Waals surface area contributed by atoms with Gasteiger partial charge in [0, 0.05) is 34.1 Å². The third-order valence-corrected chi connectivity index (χ3v) is 6.51. The van der Waals surface area contributed by atoms with Gasteiger partial charge in [-0.25, -0.2) is 0 Å². The molecule has 168 valence electrons. The Kier molecular flexibility index (Phi) is 5.55. The van der Waals surface area contributed by atoms with Crippen LogP contribution in [0, 0.1) is 0 Å². The lowest BCUT2D eigenvalue weighted by molar-refractivity contribution is 0.0748. The molecule has 1 N–H and O–H groups in total. The number of hydrogen-bond donors (Lipinski definition) is 1. The van der Waals surface area contributed by atoms with Crippen molar-refractivity contribution in [3.63, 3.8) is 0 Å². The maximum absolute atomic E-state index is 13.5. The molecule has 0 saturated heterocycles. The molecule has 3 aromatic carbocycles. The lowest BCUT2D eigenvalue weighted by Gasteiger charge is -2.27. The van der Waals surface area contributed by atoms with Crippen molar-refractivity contribution >= 4 is 16.8 Å². The van der Waals surface area contributed by atoms with Crippen LogP contribution < -0.4 is 9.47 Å². The molecule has 5 nitrogen and oxygen atoms in total. The summed E-state index contributed by atoms with van der Waals surface area (Å²) < 4.78 is 11.3. The lowest BCUT2D eigenvalue weighted by Crippen LogP contribution is -2.30. The Hall–Kier alpha value is -3.73. The molecule has 0 bridgehead atoms. The van der Waals surface area contributed by atoms with Crippen LogP contribution in [0.25, 0.3) is 22.2 Å². The van der Waals surface area contributed by atoms with Crippen LogP contribution >= 0.6 is 0 Å². The number of rotatable bonds is 7. The highest BCUT2D eigenvalue weighted by Crippen LogP contribution is 2.47. The van der Waals surface area contributed by atoms with Crippen LogP contribution in [0.15, 0.2) is 66.7 Å². The summed E-state index contributed by atoms with van der Waals surface area (Å²) in [5.41, 5.74) is 5.81. The average molecular weight is 441 g/mol. The van der Waals surface area contributed by atoms with E-state index in [2.05, 4.69) is 30.1 Å². The van der Waals surface area contributed by atoms with Crippen LogP contribution in [0.1, 0.15) is 47.3 Å². The van der Waals surface area contributed by atoms with Gasteiger partial charge in [0.25, 0.3) is 5.91 Å². The van der Waals surface area contributed by atoms with E-state index in [9.17, 15) is 4.79 Å². The summed E-state index contributed by atoms with van der Waals surface area (Å²) >= 11 is 0. The summed E-state index contributed by atoms with van der Waals surface area (Å²) in [4.78, 5) is 19.1. The number of H-pyrrole nitrogens is 1. The van der Waals surface area contributed by atoms with Crippen molar-refractivity contribution in [1.29, 1.82) is 0 Å². The molecule has 0 radical (unpaired) electrons. The minimum atomic E-state index is -0.178. The van der Waals surface area contributed by atoms with Gasteiger partial charge in [-0.05, 0) is 42.3 Å². The highest BCUT2D eigenvalue weighted by Gasteiger charge is 2.40. The maximum atomic E-state index is 13.5. The van der Waals surface area contributed by atoms with Gasteiger partial charge < -0.3 is 19.4 Å². The summed E-state index contributed by atoms with van der Waals surface area (Å²) in [7, 11) is 3.34. The van der Waals surface area contributed by atoms with Gasteiger partial charge in [0.15, 0.2) is 0 Å². The molecular formula is C28H28N2O3. The molecule has 0 fully saturated rings. The molecule has 0 unspecified atom stereocenters. The number of carbonyl (C=O) groups is 1. The summed E-state index contributed by atoms with van der Waals surface area (Å²) in [5.74, 6) is 1.60. The monoisotopic (exact) mass is 440 g/mol. The number of methoxy groups -OCH3 is 2. The summed E-state index contributed by atoms with van der Waals surface area (Å²) in [6.07, 6.45) is 1.98. The molecular weight excluding hydrogens is 412 g/mol. The minimum absolute atomic E-state index is 0.0953. The van der Waals surface area contributed by atoms with Gasteiger partial charge in [-0.2, -0.15) is 0 Å². The van der Waals surface area contributed by atoms with E-state index in [0.717, 1.165) is 63.2 Å². The van der Waals surface area contributed by atoms with Crippen LogP contribution in [-0.2, 0) is 0 Å². The first-order chi connectivity index (χ1) is 16.2. The van der Waals surface area contributed by atoms with Crippen LogP contribution in [0.4, 0.5) is 0 Å². The molecule has 0 spiro atoms. The fourth-order valence-electron chi connectivity index (χ4n) is 4.91.